The number of rotatable bonds is 3. The Labute approximate surface area is 74.9 Å². The first-order chi connectivity index (χ1) is 6.17. The Morgan fingerprint density at radius 1 is 1.38 bits per heavy atom. The minimum Gasteiger partial charge on any atom is -0.388 e. The molecule has 0 bridgehead atoms. The Hall–Kier alpha value is -1.82. The highest BCUT2D eigenvalue weighted by molar-refractivity contribution is 5.62. The number of anilines is 2. The van der Waals surface area contributed by atoms with Crippen molar-refractivity contribution in [2.75, 3.05) is 17.8 Å². The molecule has 0 amide bonds. The van der Waals surface area contributed by atoms with Crippen LogP contribution < -0.4 is 16.6 Å². The van der Waals surface area contributed by atoms with Gasteiger partial charge in [0, 0.05) is 24.9 Å². The van der Waals surface area contributed by atoms with Crippen molar-refractivity contribution in [2.24, 2.45) is 5.84 Å². The van der Waals surface area contributed by atoms with Gasteiger partial charge in [0.05, 0.1) is 10.6 Å². The van der Waals surface area contributed by atoms with Crippen LogP contribution in [0, 0.1) is 10.1 Å². The van der Waals surface area contributed by atoms with Crippen LogP contribution in [0.4, 0.5) is 17.1 Å². The normalized spacial score (nSPS) is 9.38. The van der Waals surface area contributed by atoms with Crippen molar-refractivity contribution in [3.05, 3.63) is 28.3 Å². The molecule has 4 N–H and O–H groups in total. The lowest BCUT2D eigenvalue weighted by Crippen LogP contribution is -2.07. The van der Waals surface area contributed by atoms with Crippen molar-refractivity contribution in [1.29, 1.82) is 0 Å². The van der Waals surface area contributed by atoms with Crippen molar-refractivity contribution in [3.63, 3.8) is 0 Å². The van der Waals surface area contributed by atoms with E-state index in [9.17, 15) is 10.1 Å². The summed E-state index contributed by atoms with van der Waals surface area (Å²) < 4.78 is 0. The molecule has 0 fully saturated rings. The number of nitrogens with one attached hydrogen (secondary N) is 2. The molecule has 0 aliphatic carbocycles. The number of hydrogen-bond donors (Lipinski definition) is 3. The molecule has 0 radical (unpaired) electrons. The quantitative estimate of drug-likeness (QED) is 0.367. The van der Waals surface area contributed by atoms with E-state index in [0.29, 0.717) is 11.4 Å². The van der Waals surface area contributed by atoms with Gasteiger partial charge in [-0.3, -0.25) is 16.0 Å². The molecule has 0 unspecified atom stereocenters. The molecule has 1 aromatic rings. The second-order valence-corrected chi connectivity index (χ2v) is 2.42. The van der Waals surface area contributed by atoms with Gasteiger partial charge in [0.15, 0.2) is 0 Å². The van der Waals surface area contributed by atoms with Crippen LogP contribution in [-0.2, 0) is 0 Å². The third-order valence-corrected chi connectivity index (χ3v) is 1.58. The summed E-state index contributed by atoms with van der Waals surface area (Å²) in [5.41, 5.74) is 3.49. The van der Waals surface area contributed by atoms with Crippen LogP contribution in [0.1, 0.15) is 0 Å². The van der Waals surface area contributed by atoms with Crippen LogP contribution in [0.5, 0.6) is 0 Å². The minimum atomic E-state index is -0.471. The fourth-order valence-corrected chi connectivity index (χ4v) is 0.944. The third-order valence-electron chi connectivity index (χ3n) is 1.58. The van der Waals surface area contributed by atoms with Gasteiger partial charge in [0.2, 0.25) is 0 Å². The SMILES string of the molecule is CNc1cc(NN)cc([N+](=O)[O-])c1. The Morgan fingerprint density at radius 2 is 2.00 bits per heavy atom. The molecule has 0 spiro atoms. The fraction of sp³-hybridized carbons (Fsp3) is 0.143. The van der Waals surface area contributed by atoms with Gasteiger partial charge in [-0.25, -0.2) is 0 Å². The smallest absolute Gasteiger partial charge is 0.273 e. The first-order valence-electron chi connectivity index (χ1n) is 3.61. The summed E-state index contributed by atoms with van der Waals surface area (Å²) in [6.07, 6.45) is 0. The van der Waals surface area contributed by atoms with Gasteiger partial charge in [-0.15, -0.1) is 0 Å². The second-order valence-electron chi connectivity index (χ2n) is 2.42. The molecule has 1 rings (SSSR count). The summed E-state index contributed by atoms with van der Waals surface area (Å²) in [5, 5.41) is 13.2. The average molecular weight is 182 g/mol. The Kier molecular flexibility index (Phi) is 2.65. The summed E-state index contributed by atoms with van der Waals surface area (Å²) in [6, 6.07) is 4.47. The standard InChI is InChI=1S/C7H10N4O2/c1-9-5-2-6(10-8)4-7(3-5)11(12)13/h2-4,9-10H,8H2,1H3. The van der Waals surface area contributed by atoms with E-state index in [2.05, 4.69) is 10.7 Å². The zero-order valence-corrected chi connectivity index (χ0v) is 7.07. The van der Waals surface area contributed by atoms with Crippen LogP contribution in [0.15, 0.2) is 18.2 Å². The van der Waals surface area contributed by atoms with Crippen LogP contribution >= 0.6 is 0 Å². The van der Waals surface area contributed by atoms with E-state index in [0.717, 1.165) is 0 Å². The minimum absolute atomic E-state index is 0.000185. The average Bonchev–Trinajstić information content (AvgIpc) is 2.16. The summed E-state index contributed by atoms with van der Waals surface area (Å²) >= 11 is 0. The lowest BCUT2D eigenvalue weighted by atomic mass is 10.2. The van der Waals surface area contributed by atoms with E-state index in [-0.39, 0.29) is 5.69 Å². The van der Waals surface area contributed by atoms with Gasteiger partial charge in [0.25, 0.3) is 5.69 Å². The maximum Gasteiger partial charge on any atom is 0.273 e. The number of nitro benzene ring substituents is 1. The Bertz CT molecular complexity index is 304. The highest BCUT2D eigenvalue weighted by Gasteiger charge is 2.07. The van der Waals surface area contributed by atoms with Gasteiger partial charge in [-0.2, -0.15) is 0 Å². The van der Waals surface area contributed by atoms with Crippen LogP contribution in [-0.4, -0.2) is 12.0 Å². The highest BCUT2D eigenvalue weighted by atomic mass is 16.6. The van der Waals surface area contributed by atoms with Crippen LogP contribution in [0.3, 0.4) is 0 Å². The second kappa shape index (κ2) is 3.72. The summed E-state index contributed by atoms with van der Waals surface area (Å²) in [6.45, 7) is 0. The van der Waals surface area contributed by atoms with Gasteiger partial charge < -0.3 is 10.7 Å². The monoisotopic (exact) mass is 182 g/mol. The summed E-state index contributed by atoms with van der Waals surface area (Å²) in [5.74, 6) is 5.14. The zero-order valence-electron chi connectivity index (χ0n) is 7.07. The number of hydrazine groups is 1. The van der Waals surface area contributed by atoms with Crippen molar-refractivity contribution in [3.8, 4) is 0 Å². The maximum atomic E-state index is 10.4. The molecule has 0 aliphatic rings. The van der Waals surface area contributed by atoms with Gasteiger partial charge in [0.1, 0.15) is 0 Å². The largest absolute Gasteiger partial charge is 0.388 e. The molecule has 0 atom stereocenters. The lowest BCUT2D eigenvalue weighted by molar-refractivity contribution is -0.384. The van der Waals surface area contributed by atoms with Crippen molar-refractivity contribution >= 4 is 17.1 Å². The van der Waals surface area contributed by atoms with E-state index in [1.165, 1.54) is 12.1 Å². The van der Waals surface area contributed by atoms with Gasteiger partial charge in [-0.05, 0) is 6.07 Å². The molecule has 70 valence electrons. The molecule has 0 aliphatic heterocycles. The fourth-order valence-electron chi connectivity index (χ4n) is 0.944. The summed E-state index contributed by atoms with van der Waals surface area (Å²) in [4.78, 5) is 9.98. The molecule has 6 nitrogen and oxygen atoms in total. The molecule has 1 aromatic carbocycles. The number of benzene rings is 1. The molecule has 6 heteroatoms. The van der Waals surface area contributed by atoms with Crippen LogP contribution in [0.25, 0.3) is 0 Å². The van der Waals surface area contributed by atoms with Crippen LogP contribution in [0.2, 0.25) is 0 Å². The lowest BCUT2D eigenvalue weighted by Gasteiger charge is -2.03. The van der Waals surface area contributed by atoms with Crippen molar-refractivity contribution in [2.45, 2.75) is 0 Å². The molecular weight excluding hydrogens is 172 g/mol. The highest BCUT2D eigenvalue weighted by Crippen LogP contribution is 2.22. The number of nitrogens with two attached hydrogens (primary N) is 1. The van der Waals surface area contributed by atoms with E-state index >= 15 is 0 Å². The van der Waals surface area contributed by atoms with E-state index in [1.54, 1.807) is 13.1 Å². The van der Waals surface area contributed by atoms with Crippen molar-refractivity contribution < 1.29 is 4.92 Å². The van der Waals surface area contributed by atoms with E-state index in [1.807, 2.05) is 0 Å². The number of nitro groups is 1. The Balaban J connectivity index is 3.14. The van der Waals surface area contributed by atoms with Gasteiger partial charge in [-0.1, -0.05) is 0 Å². The first-order valence-corrected chi connectivity index (χ1v) is 3.61. The molecule has 13 heavy (non-hydrogen) atoms. The number of non-ortho nitro benzene ring substituents is 1. The maximum absolute atomic E-state index is 10.4. The predicted molar refractivity (Wildman–Crippen MR) is 50.5 cm³/mol. The molecular formula is C7H10N4O2. The molecule has 0 heterocycles. The molecule has 0 saturated carbocycles. The van der Waals surface area contributed by atoms with Crippen molar-refractivity contribution in [1.82, 2.24) is 0 Å². The zero-order chi connectivity index (χ0) is 9.84. The topological polar surface area (TPSA) is 93.2 Å². The number of nitrogen functional groups attached to an aromatic ring is 1. The van der Waals surface area contributed by atoms with E-state index in [4.69, 9.17) is 5.84 Å². The van der Waals surface area contributed by atoms with Gasteiger partial charge >= 0.3 is 0 Å². The predicted octanol–water partition coefficient (Wildman–Crippen LogP) is 0.922. The Morgan fingerprint density at radius 3 is 2.46 bits per heavy atom. The van der Waals surface area contributed by atoms with E-state index < -0.39 is 4.92 Å². The number of nitrogens with zero attached hydrogens (tertiary/aromatic N) is 1. The molecule has 0 saturated heterocycles. The number of hydrogen-bond acceptors (Lipinski definition) is 5. The first kappa shape index (κ1) is 9.27. The molecule has 0 aromatic heterocycles. The third kappa shape index (κ3) is 2.06. The summed E-state index contributed by atoms with van der Waals surface area (Å²) in [7, 11) is 1.68.